The molecule has 0 radical (unpaired) electrons. The highest BCUT2D eigenvalue weighted by Crippen LogP contribution is 2.42. The Morgan fingerprint density at radius 2 is 1.30 bits per heavy atom. The van der Waals surface area contributed by atoms with Gasteiger partial charge in [-0.3, -0.25) is 4.90 Å². The monoisotopic (exact) mass is 453 g/mol. The van der Waals surface area contributed by atoms with E-state index in [1.165, 1.54) is 12.1 Å². The maximum Gasteiger partial charge on any atom is 0.417 e. The summed E-state index contributed by atoms with van der Waals surface area (Å²) in [4.78, 5) is 2.27. The molecule has 33 heavy (non-hydrogen) atoms. The fourth-order valence-electron chi connectivity index (χ4n) is 3.95. The molecule has 172 valence electrons. The summed E-state index contributed by atoms with van der Waals surface area (Å²) in [5.41, 5.74) is 0.617. The van der Waals surface area contributed by atoms with Crippen molar-refractivity contribution in [1.29, 1.82) is 0 Å². The highest BCUT2D eigenvalue weighted by molar-refractivity contribution is 6.00. The van der Waals surface area contributed by atoms with Crippen molar-refractivity contribution >= 4 is 11.1 Å². The lowest BCUT2D eigenvalue weighted by Gasteiger charge is -2.26. The first-order valence-corrected chi connectivity index (χ1v) is 11.0. The van der Waals surface area contributed by atoms with Crippen LogP contribution in [0.3, 0.4) is 0 Å². The molecule has 6 heteroatoms. The average Bonchev–Trinajstić information content (AvgIpc) is 2.84. The van der Waals surface area contributed by atoms with Crippen LogP contribution in [0.15, 0.2) is 84.9 Å². The second-order valence-electron chi connectivity index (χ2n) is 7.81. The Labute approximate surface area is 192 Å². The van der Waals surface area contributed by atoms with E-state index in [1.807, 2.05) is 0 Å². The number of alkyl halides is 3. The zero-order valence-corrected chi connectivity index (χ0v) is 18.2. The molecule has 0 unspecified atom stereocenters. The third-order valence-corrected chi connectivity index (χ3v) is 5.58. The van der Waals surface area contributed by atoms with Gasteiger partial charge in [-0.15, -0.1) is 0 Å². The molecular formula is C27H26F3NO2. The molecule has 0 saturated carbocycles. The van der Waals surface area contributed by atoms with Gasteiger partial charge in [-0.2, -0.15) is 13.2 Å². The van der Waals surface area contributed by atoms with E-state index in [4.69, 9.17) is 9.47 Å². The molecule has 0 spiro atoms. The van der Waals surface area contributed by atoms with E-state index in [0.29, 0.717) is 23.5 Å². The Morgan fingerprint density at radius 3 is 1.88 bits per heavy atom. The number of ether oxygens (including phenoxy) is 2. The Morgan fingerprint density at radius 1 is 0.758 bits per heavy atom. The molecule has 0 N–H and O–H groups in total. The van der Waals surface area contributed by atoms with Crippen LogP contribution in [-0.2, 0) is 4.74 Å². The Balaban J connectivity index is 1.65. The summed E-state index contributed by atoms with van der Waals surface area (Å²) < 4.78 is 54.2. The standard InChI is InChI=1S/C27H26F3NO2/c28-27(29,30)26(23-9-5-2-6-10-23)25(21-7-3-1-4-8-21)22-11-13-24(14-12-22)33-20-17-31-15-18-32-19-16-31/h1-14H,15-20H2. The van der Waals surface area contributed by atoms with Gasteiger partial charge in [0.15, 0.2) is 0 Å². The molecule has 0 bridgehead atoms. The fourth-order valence-corrected chi connectivity index (χ4v) is 3.95. The van der Waals surface area contributed by atoms with E-state index in [9.17, 15) is 13.2 Å². The van der Waals surface area contributed by atoms with E-state index in [2.05, 4.69) is 4.90 Å². The van der Waals surface area contributed by atoms with Gasteiger partial charge in [0.05, 0.1) is 18.8 Å². The van der Waals surface area contributed by atoms with Crippen LogP contribution in [0.1, 0.15) is 16.7 Å². The predicted octanol–water partition coefficient (Wildman–Crippen LogP) is 5.92. The van der Waals surface area contributed by atoms with Crippen molar-refractivity contribution in [3.8, 4) is 5.75 Å². The summed E-state index contributed by atoms with van der Waals surface area (Å²) in [6.45, 7) is 4.52. The van der Waals surface area contributed by atoms with E-state index in [1.54, 1.807) is 72.8 Å². The van der Waals surface area contributed by atoms with Crippen LogP contribution in [0.25, 0.3) is 11.1 Å². The number of morpholine rings is 1. The van der Waals surface area contributed by atoms with Gasteiger partial charge in [-0.1, -0.05) is 72.8 Å². The fraction of sp³-hybridized carbons (Fsp3) is 0.259. The second-order valence-corrected chi connectivity index (χ2v) is 7.81. The van der Waals surface area contributed by atoms with Crippen LogP contribution in [0.4, 0.5) is 13.2 Å². The molecule has 0 atom stereocenters. The highest BCUT2D eigenvalue weighted by Gasteiger charge is 2.38. The first-order valence-electron chi connectivity index (χ1n) is 11.0. The summed E-state index contributed by atoms with van der Waals surface area (Å²) in [5, 5.41) is 0. The quantitative estimate of drug-likeness (QED) is 0.415. The third kappa shape index (κ3) is 6.03. The van der Waals surface area contributed by atoms with Gasteiger partial charge in [0.1, 0.15) is 12.4 Å². The van der Waals surface area contributed by atoms with Crippen molar-refractivity contribution in [2.45, 2.75) is 6.18 Å². The number of rotatable bonds is 7. The van der Waals surface area contributed by atoms with Gasteiger partial charge in [0.2, 0.25) is 0 Å². The molecule has 1 aliphatic rings. The Bertz CT molecular complexity index is 1040. The van der Waals surface area contributed by atoms with Gasteiger partial charge in [-0.05, 0) is 28.8 Å². The molecule has 0 aliphatic carbocycles. The Hall–Kier alpha value is -3.09. The largest absolute Gasteiger partial charge is 0.492 e. The number of benzene rings is 3. The first-order chi connectivity index (χ1) is 16.0. The normalized spacial score (nSPS) is 15.7. The van der Waals surface area contributed by atoms with Crippen LogP contribution < -0.4 is 4.74 Å². The predicted molar refractivity (Wildman–Crippen MR) is 124 cm³/mol. The molecule has 0 amide bonds. The number of halogens is 3. The van der Waals surface area contributed by atoms with Crippen LogP contribution >= 0.6 is 0 Å². The molecule has 1 saturated heterocycles. The van der Waals surface area contributed by atoms with Crippen LogP contribution in [0.2, 0.25) is 0 Å². The van der Waals surface area contributed by atoms with Crippen molar-refractivity contribution in [2.75, 3.05) is 39.5 Å². The minimum Gasteiger partial charge on any atom is -0.492 e. The maximum atomic E-state index is 14.4. The minimum absolute atomic E-state index is 0.134. The number of hydrogen-bond donors (Lipinski definition) is 0. The maximum absolute atomic E-state index is 14.4. The van der Waals surface area contributed by atoms with Gasteiger partial charge < -0.3 is 9.47 Å². The van der Waals surface area contributed by atoms with Crippen molar-refractivity contribution in [3.63, 3.8) is 0 Å². The first kappa shape index (κ1) is 23.1. The molecule has 4 rings (SSSR count). The molecule has 1 aliphatic heterocycles. The van der Waals surface area contributed by atoms with Gasteiger partial charge in [-0.25, -0.2) is 0 Å². The lowest BCUT2D eigenvalue weighted by molar-refractivity contribution is -0.0685. The van der Waals surface area contributed by atoms with Crippen molar-refractivity contribution in [3.05, 3.63) is 102 Å². The molecule has 0 aromatic heterocycles. The molecule has 3 aromatic rings. The Kier molecular flexibility index (Phi) is 7.47. The SMILES string of the molecule is FC(F)(F)C(=C(c1ccccc1)c1ccc(OCCN2CCOCC2)cc1)c1ccccc1. The number of hydrogen-bond acceptors (Lipinski definition) is 3. The van der Waals surface area contributed by atoms with Crippen molar-refractivity contribution in [1.82, 2.24) is 4.90 Å². The summed E-state index contributed by atoms with van der Waals surface area (Å²) in [7, 11) is 0. The van der Waals surface area contributed by atoms with E-state index in [-0.39, 0.29) is 11.1 Å². The van der Waals surface area contributed by atoms with Crippen molar-refractivity contribution < 1.29 is 22.6 Å². The molecule has 3 aromatic carbocycles. The number of nitrogens with zero attached hydrogens (tertiary/aromatic N) is 1. The lowest BCUT2D eigenvalue weighted by atomic mass is 9.89. The second kappa shape index (κ2) is 10.7. The van der Waals surface area contributed by atoms with Crippen LogP contribution in [-0.4, -0.2) is 50.5 Å². The summed E-state index contributed by atoms with van der Waals surface area (Å²) >= 11 is 0. The zero-order chi connectivity index (χ0) is 23.1. The van der Waals surface area contributed by atoms with Gasteiger partial charge >= 0.3 is 6.18 Å². The summed E-state index contributed by atoms with van der Waals surface area (Å²) in [6.07, 6.45) is -4.53. The van der Waals surface area contributed by atoms with Gasteiger partial charge in [0.25, 0.3) is 0 Å². The minimum atomic E-state index is -4.53. The topological polar surface area (TPSA) is 21.7 Å². The lowest BCUT2D eigenvalue weighted by Crippen LogP contribution is -2.38. The molecule has 1 heterocycles. The smallest absolute Gasteiger partial charge is 0.417 e. The van der Waals surface area contributed by atoms with Crippen LogP contribution in [0, 0.1) is 0 Å². The zero-order valence-electron chi connectivity index (χ0n) is 18.2. The highest BCUT2D eigenvalue weighted by atomic mass is 19.4. The third-order valence-electron chi connectivity index (χ3n) is 5.58. The molecule has 1 fully saturated rings. The number of allylic oxidation sites excluding steroid dienone is 1. The van der Waals surface area contributed by atoms with E-state index < -0.39 is 11.7 Å². The molecular weight excluding hydrogens is 427 g/mol. The molecule has 3 nitrogen and oxygen atoms in total. The summed E-state index contributed by atoms with van der Waals surface area (Å²) in [6, 6.07) is 23.5. The summed E-state index contributed by atoms with van der Waals surface area (Å²) in [5.74, 6) is 0.632. The van der Waals surface area contributed by atoms with E-state index in [0.717, 1.165) is 32.8 Å². The average molecular weight is 454 g/mol. The van der Waals surface area contributed by atoms with E-state index >= 15 is 0 Å². The van der Waals surface area contributed by atoms with Crippen LogP contribution in [0.5, 0.6) is 5.75 Å². The van der Waals surface area contributed by atoms with Crippen molar-refractivity contribution in [2.24, 2.45) is 0 Å². The van der Waals surface area contributed by atoms with Gasteiger partial charge in [0, 0.05) is 25.2 Å².